The summed E-state index contributed by atoms with van der Waals surface area (Å²) in [5, 5.41) is 4.00. The molecule has 5 nitrogen and oxygen atoms in total. The van der Waals surface area contributed by atoms with Crippen LogP contribution in [0.25, 0.3) is 0 Å². The number of nitrogens with one attached hydrogen (secondary N) is 1. The number of thiazole rings is 1. The number of nitrogens with zero attached hydrogens (tertiary/aromatic N) is 2. The molecule has 27 heavy (non-hydrogen) atoms. The van der Waals surface area contributed by atoms with E-state index in [1.807, 2.05) is 0 Å². The Labute approximate surface area is 169 Å². The highest BCUT2D eigenvalue weighted by Crippen LogP contribution is 2.26. The largest absolute Gasteiger partial charge is 0.496 e. The first-order chi connectivity index (χ1) is 12.8. The lowest BCUT2D eigenvalue weighted by molar-refractivity contribution is 0.0994. The molecule has 1 aliphatic heterocycles. The van der Waals surface area contributed by atoms with Crippen LogP contribution in [0.3, 0.4) is 0 Å². The number of methoxy groups -OCH3 is 1. The zero-order chi connectivity index (χ0) is 19.6. The lowest BCUT2D eigenvalue weighted by Gasteiger charge is -2.15. The Morgan fingerprint density at radius 2 is 2.22 bits per heavy atom. The summed E-state index contributed by atoms with van der Waals surface area (Å²) in [7, 11) is 1.54. The van der Waals surface area contributed by atoms with E-state index in [1.165, 1.54) is 18.4 Å². The molecule has 1 aromatic carbocycles. The van der Waals surface area contributed by atoms with Gasteiger partial charge in [0, 0.05) is 28.7 Å². The fourth-order valence-electron chi connectivity index (χ4n) is 3.09. The molecule has 0 saturated carbocycles. The number of carbonyl (C=O) groups excluding carboxylic acids is 1. The fourth-order valence-corrected chi connectivity index (χ4v) is 4.32. The van der Waals surface area contributed by atoms with Gasteiger partial charge in [-0.05, 0) is 43.0 Å². The van der Waals surface area contributed by atoms with Gasteiger partial charge in [-0.25, -0.2) is 0 Å². The van der Waals surface area contributed by atoms with Gasteiger partial charge in [0.05, 0.1) is 12.7 Å². The second-order valence-corrected chi connectivity index (χ2v) is 9.28. The van der Waals surface area contributed by atoms with E-state index in [0.29, 0.717) is 27.2 Å². The highest BCUT2D eigenvalue weighted by atomic mass is 35.5. The van der Waals surface area contributed by atoms with Crippen LogP contribution in [0.1, 0.15) is 48.8 Å². The second kappa shape index (κ2) is 8.17. The van der Waals surface area contributed by atoms with E-state index in [0.717, 1.165) is 19.5 Å². The van der Waals surface area contributed by atoms with Crippen molar-refractivity contribution in [2.24, 2.45) is 4.99 Å². The summed E-state index contributed by atoms with van der Waals surface area (Å²) in [4.78, 5) is 19.2. The molecule has 1 amide bonds. The number of benzene rings is 1. The molecule has 7 heteroatoms. The third-order valence-corrected chi connectivity index (χ3v) is 6.31. The number of rotatable bonds is 4. The summed E-state index contributed by atoms with van der Waals surface area (Å²) in [5.41, 5.74) is 0.376. The predicted octanol–water partition coefficient (Wildman–Crippen LogP) is 4.00. The molecule has 1 fully saturated rings. The maximum Gasteiger partial charge on any atom is 0.283 e. The van der Waals surface area contributed by atoms with Crippen LogP contribution in [0.15, 0.2) is 29.4 Å². The van der Waals surface area contributed by atoms with Crippen LogP contribution in [-0.2, 0) is 12.0 Å². The Bertz CT molecular complexity index is 889. The topological polar surface area (TPSA) is 55.6 Å². The van der Waals surface area contributed by atoms with Gasteiger partial charge < -0.3 is 14.6 Å². The molecule has 1 saturated heterocycles. The minimum Gasteiger partial charge on any atom is -0.496 e. The molecule has 0 radical (unpaired) electrons. The number of ether oxygens (including phenoxy) is 1. The molecule has 2 heterocycles. The minimum atomic E-state index is -0.343. The zero-order valence-corrected chi connectivity index (χ0v) is 17.8. The summed E-state index contributed by atoms with van der Waals surface area (Å²) in [6, 6.07) is 5.41. The van der Waals surface area contributed by atoms with Crippen LogP contribution >= 0.6 is 22.9 Å². The summed E-state index contributed by atoms with van der Waals surface area (Å²) in [6.45, 7) is 8.37. The van der Waals surface area contributed by atoms with Crippen molar-refractivity contribution in [1.29, 1.82) is 0 Å². The van der Waals surface area contributed by atoms with Crippen molar-refractivity contribution in [3.05, 3.63) is 44.7 Å². The van der Waals surface area contributed by atoms with Gasteiger partial charge in [-0.15, -0.1) is 11.3 Å². The molecule has 1 aliphatic rings. The first-order valence-electron chi connectivity index (χ1n) is 9.14. The standard InChI is InChI=1S/C20H26ClN3O2S/c1-20(2,3)17-12-24(11-14-6-5-9-22-14)19(27-17)23-18(25)15-10-13(21)7-8-16(15)26-4/h7-8,10,12,14,22H,5-6,9,11H2,1-4H3/t14-/m1/s1. The SMILES string of the molecule is COc1ccc(Cl)cc1C(=O)N=c1sc(C(C)(C)C)cn1C[C@H]1CCCN1. The smallest absolute Gasteiger partial charge is 0.283 e. The summed E-state index contributed by atoms with van der Waals surface area (Å²) in [5.74, 6) is 0.134. The molecular formula is C20H26ClN3O2S. The quantitative estimate of drug-likeness (QED) is 0.833. The summed E-state index contributed by atoms with van der Waals surface area (Å²) >= 11 is 7.63. The second-order valence-electron chi connectivity index (χ2n) is 7.84. The van der Waals surface area contributed by atoms with Crippen molar-refractivity contribution < 1.29 is 9.53 Å². The van der Waals surface area contributed by atoms with E-state index in [2.05, 4.69) is 41.8 Å². The number of aromatic nitrogens is 1. The number of amides is 1. The molecule has 0 bridgehead atoms. The van der Waals surface area contributed by atoms with Crippen LogP contribution in [-0.4, -0.2) is 30.2 Å². The lowest BCUT2D eigenvalue weighted by atomic mass is 9.95. The number of hydrogen-bond acceptors (Lipinski definition) is 4. The number of halogens is 1. The molecule has 0 spiro atoms. The van der Waals surface area contributed by atoms with Crippen molar-refractivity contribution >= 4 is 28.8 Å². The Kier molecular flexibility index (Phi) is 6.08. The third kappa shape index (κ3) is 4.81. The minimum absolute atomic E-state index is 0.0000832. The normalized spacial score (nSPS) is 18.1. The van der Waals surface area contributed by atoms with Crippen LogP contribution < -0.4 is 14.9 Å². The van der Waals surface area contributed by atoms with Gasteiger partial charge in [0.15, 0.2) is 4.80 Å². The van der Waals surface area contributed by atoms with Crippen molar-refractivity contribution in [2.45, 2.75) is 51.6 Å². The van der Waals surface area contributed by atoms with Gasteiger partial charge >= 0.3 is 0 Å². The summed E-state index contributed by atoms with van der Waals surface area (Å²) < 4.78 is 7.40. The monoisotopic (exact) mass is 407 g/mol. The first-order valence-corrected chi connectivity index (χ1v) is 10.3. The summed E-state index contributed by atoms with van der Waals surface area (Å²) in [6.07, 6.45) is 4.46. The molecule has 1 N–H and O–H groups in total. The maximum atomic E-state index is 12.9. The van der Waals surface area contributed by atoms with Gasteiger partial charge in [-0.3, -0.25) is 4.79 Å². The Hall–Kier alpha value is -1.63. The molecule has 146 valence electrons. The predicted molar refractivity (Wildman–Crippen MR) is 110 cm³/mol. The Morgan fingerprint density at radius 3 is 2.85 bits per heavy atom. The highest BCUT2D eigenvalue weighted by molar-refractivity contribution is 7.09. The Morgan fingerprint density at radius 1 is 1.44 bits per heavy atom. The lowest BCUT2D eigenvalue weighted by Crippen LogP contribution is -2.30. The van der Waals surface area contributed by atoms with Crippen LogP contribution in [0.2, 0.25) is 5.02 Å². The van der Waals surface area contributed by atoms with Crippen LogP contribution in [0.4, 0.5) is 0 Å². The average molecular weight is 408 g/mol. The molecular weight excluding hydrogens is 382 g/mol. The van der Waals surface area contributed by atoms with Gasteiger partial charge in [-0.2, -0.15) is 4.99 Å². The number of carbonyl (C=O) groups is 1. The van der Waals surface area contributed by atoms with Gasteiger partial charge in [0.1, 0.15) is 5.75 Å². The fraction of sp³-hybridized carbons (Fsp3) is 0.500. The molecule has 0 aliphatic carbocycles. The maximum absolute atomic E-state index is 12.9. The average Bonchev–Trinajstić information content (AvgIpc) is 3.25. The first kappa shape index (κ1) is 20.1. The molecule has 1 aromatic heterocycles. The number of hydrogen-bond donors (Lipinski definition) is 1. The molecule has 1 atom stereocenters. The molecule has 2 aromatic rings. The van der Waals surface area contributed by atoms with Gasteiger partial charge in [0.25, 0.3) is 5.91 Å². The van der Waals surface area contributed by atoms with Crippen molar-refractivity contribution in [3.8, 4) is 5.75 Å². The van der Waals surface area contributed by atoms with Crippen molar-refractivity contribution in [3.63, 3.8) is 0 Å². The third-order valence-electron chi connectivity index (χ3n) is 4.63. The highest BCUT2D eigenvalue weighted by Gasteiger charge is 2.21. The van der Waals surface area contributed by atoms with Gasteiger partial charge in [0.2, 0.25) is 0 Å². The van der Waals surface area contributed by atoms with E-state index in [9.17, 15) is 4.79 Å². The van der Waals surface area contributed by atoms with Crippen molar-refractivity contribution in [1.82, 2.24) is 9.88 Å². The van der Waals surface area contributed by atoms with Crippen LogP contribution in [0.5, 0.6) is 5.75 Å². The zero-order valence-electron chi connectivity index (χ0n) is 16.2. The van der Waals surface area contributed by atoms with Crippen LogP contribution in [0, 0.1) is 0 Å². The Balaban J connectivity index is 2.02. The van der Waals surface area contributed by atoms with E-state index < -0.39 is 0 Å². The van der Waals surface area contributed by atoms with E-state index in [-0.39, 0.29) is 11.3 Å². The van der Waals surface area contributed by atoms with Crippen molar-refractivity contribution in [2.75, 3.05) is 13.7 Å². The van der Waals surface area contributed by atoms with E-state index in [1.54, 1.807) is 29.5 Å². The van der Waals surface area contributed by atoms with Gasteiger partial charge in [-0.1, -0.05) is 32.4 Å². The van der Waals surface area contributed by atoms with E-state index >= 15 is 0 Å². The molecule has 3 rings (SSSR count). The van der Waals surface area contributed by atoms with E-state index in [4.69, 9.17) is 16.3 Å². The molecule has 0 unspecified atom stereocenters.